The minimum Gasteiger partial charge on any atom is -0.465 e. The van der Waals surface area contributed by atoms with E-state index in [0.29, 0.717) is 23.6 Å². The van der Waals surface area contributed by atoms with Crippen LogP contribution >= 0.6 is 0 Å². The van der Waals surface area contributed by atoms with Gasteiger partial charge < -0.3 is 15.4 Å². The fourth-order valence-electron chi connectivity index (χ4n) is 1.85. The highest BCUT2D eigenvalue weighted by Crippen LogP contribution is 2.21. The van der Waals surface area contributed by atoms with Gasteiger partial charge in [-0.25, -0.2) is 9.78 Å². The minimum absolute atomic E-state index is 0.339. The summed E-state index contributed by atoms with van der Waals surface area (Å²) in [5.74, 6) is 0.0457. The fourth-order valence-corrected chi connectivity index (χ4v) is 1.85. The lowest BCUT2D eigenvalue weighted by atomic mass is 10.2. The highest BCUT2D eigenvalue weighted by atomic mass is 16.5. The van der Waals surface area contributed by atoms with Gasteiger partial charge >= 0.3 is 5.97 Å². The molecular weight excluding hydrogens is 256 g/mol. The summed E-state index contributed by atoms with van der Waals surface area (Å²) in [5, 5.41) is 0. The van der Waals surface area contributed by atoms with Gasteiger partial charge in [0.2, 0.25) is 0 Å². The summed E-state index contributed by atoms with van der Waals surface area (Å²) in [6, 6.07) is 7.23. The fraction of sp³-hybridized carbons (Fsp3) is 0.214. The highest BCUT2D eigenvalue weighted by Gasteiger charge is 2.17. The number of rotatable bonds is 4. The average molecular weight is 272 g/mol. The minimum atomic E-state index is -0.465. The molecule has 2 N–H and O–H groups in total. The number of pyridine rings is 2. The summed E-state index contributed by atoms with van der Waals surface area (Å²) >= 11 is 0. The highest BCUT2D eigenvalue weighted by molar-refractivity contribution is 5.95. The molecule has 6 nitrogen and oxygen atoms in total. The van der Waals surface area contributed by atoms with Crippen LogP contribution in [-0.2, 0) is 11.3 Å². The van der Waals surface area contributed by atoms with E-state index in [1.807, 2.05) is 30.1 Å². The van der Waals surface area contributed by atoms with E-state index in [2.05, 4.69) is 9.97 Å². The lowest BCUT2D eigenvalue weighted by molar-refractivity contribution is 0.0601. The molecule has 0 radical (unpaired) electrons. The number of carbonyl (C=O) groups excluding carboxylic acids is 1. The van der Waals surface area contributed by atoms with Crippen molar-refractivity contribution in [3.05, 3.63) is 47.9 Å². The largest absolute Gasteiger partial charge is 0.465 e. The molecule has 2 rings (SSSR count). The molecule has 2 aromatic rings. The van der Waals surface area contributed by atoms with Crippen LogP contribution in [0.4, 0.5) is 11.5 Å². The van der Waals surface area contributed by atoms with Crippen LogP contribution in [0.5, 0.6) is 0 Å². The second kappa shape index (κ2) is 6.01. The van der Waals surface area contributed by atoms with Gasteiger partial charge in [-0.1, -0.05) is 6.07 Å². The average Bonchev–Trinajstić information content (AvgIpc) is 2.47. The molecule has 0 unspecified atom stereocenters. The number of esters is 1. The van der Waals surface area contributed by atoms with Crippen molar-refractivity contribution >= 4 is 17.5 Å². The van der Waals surface area contributed by atoms with Crippen molar-refractivity contribution in [2.45, 2.75) is 6.54 Å². The molecule has 6 heteroatoms. The molecule has 0 amide bonds. The Hall–Kier alpha value is -2.63. The number of carbonyl (C=O) groups is 1. The molecule has 2 heterocycles. The first-order valence-electron chi connectivity index (χ1n) is 6.06. The van der Waals surface area contributed by atoms with Crippen LogP contribution in [0, 0.1) is 0 Å². The van der Waals surface area contributed by atoms with Crippen LogP contribution in [0.1, 0.15) is 16.1 Å². The van der Waals surface area contributed by atoms with Crippen LogP contribution < -0.4 is 10.6 Å². The zero-order chi connectivity index (χ0) is 14.5. The third kappa shape index (κ3) is 3.03. The molecule has 0 fully saturated rings. The Labute approximate surface area is 117 Å². The van der Waals surface area contributed by atoms with E-state index in [0.717, 1.165) is 5.69 Å². The van der Waals surface area contributed by atoms with Crippen molar-refractivity contribution in [2.24, 2.45) is 0 Å². The van der Waals surface area contributed by atoms with Crippen molar-refractivity contribution in [3.8, 4) is 0 Å². The van der Waals surface area contributed by atoms with Crippen LogP contribution in [0.2, 0.25) is 0 Å². The van der Waals surface area contributed by atoms with Gasteiger partial charge in [-0.05, 0) is 18.2 Å². The Kier molecular flexibility index (Phi) is 4.14. The monoisotopic (exact) mass is 272 g/mol. The van der Waals surface area contributed by atoms with Crippen molar-refractivity contribution in [2.75, 3.05) is 24.8 Å². The lowest BCUT2D eigenvalue weighted by Crippen LogP contribution is -2.22. The topological polar surface area (TPSA) is 81.3 Å². The molecule has 0 spiro atoms. The SMILES string of the molecule is COC(=O)c1cc(N)cnc1N(C)Cc1ccccn1. The zero-order valence-electron chi connectivity index (χ0n) is 11.4. The number of ether oxygens (including phenoxy) is 1. The smallest absolute Gasteiger partial charge is 0.341 e. The number of aromatic nitrogens is 2. The Balaban J connectivity index is 2.29. The van der Waals surface area contributed by atoms with E-state index in [4.69, 9.17) is 10.5 Å². The van der Waals surface area contributed by atoms with E-state index in [9.17, 15) is 4.79 Å². The Morgan fingerprint density at radius 3 is 2.85 bits per heavy atom. The van der Waals surface area contributed by atoms with Crippen LogP contribution in [0.15, 0.2) is 36.7 Å². The van der Waals surface area contributed by atoms with Crippen molar-refractivity contribution in [1.82, 2.24) is 9.97 Å². The molecule has 0 atom stereocenters. The third-order valence-electron chi connectivity index (χ3n) is 2.78. The summed E-state index contributed by atoms with van der Waals surface area (Å²) in [6.45, 7) is 0.530. The molecule has 0 bridgehead atoms. The Morgan fingerprint density at radius 1 is 1.40 bits per heavy atom. The van der Waals surface area contributed by atoms with Crippen LogP contribution in [0.25, 0.3) is 0 Å². The molecule has 0 aliphatic carbocycles. The number of anilines is 2. The van der Waals surface area contributed by atoms with Gasteiger partial charge in [-0.15, -0.1) is 0 Å². The van der Waals surface area contributed by atoms with Crippen molar-refractivity contribution in [3.63, 3.8) is 0 Å². The maximum absolute atomic E-state index is 11.8. The number of nitrogens with zero attached hydrogens (tertiary/aromatic N) is 3. The van der Waals surface area contributed by atoms with Gasteiger partial charge in [0.25, 0.3) is 0 Å². The summed E-state index contributed by atoms with van der Waals surface area (Å²) < 4.78 is 4.76. The van der Waals surface area contributed by atoms with E-state index >= 15 is 0 Å². The third-order valence-corrected chi connectivity index (χ3v) is 2.78. The lowest BCUT2D eigenvalue weighted by Gasteiger charge is -2.20. The van der Waals surface area contributed by atoms with Crippen LogP contribution in [0.3, 0.4) is 0 Å². The molecule has 2 aromatic heterocycles. The molecular formula is C14H16N4O2. The number of methoxy groups -OCH3 is 1. The van der Waals surface area contributed by atoms with Gasteiger partial charge in [-0.3, -0.25) is 4.98 Å². The van der Waals surface area contributed by atoms with Gasteiger partial charge in [0, 0.05) is 13.2 Å². The van der Waals surface area contributed by atoms with Gasteiger partial charge in [0.1, 0.15) is 11.4 Å². The van der Waals surface area contributed by atoms with E-state index in [1.54, 1.807) is 12.3 Å². The quantitative estimate of drug-likeness (QED) is 0.849. The normalized spacial score (nSPS) is 10.1. The first-order chi connectivity index (χ1) is 9.61. The van der Waals surface area contributed by atoms with Crippen molar-refractivity contribution in [1.29, 1.82) is 0 Å². The zero-order valence-corrected chi connectivity index (χ0v) is 11.4. The number of hydrogen-bond acceptors (Lipinski definition) is 6. The first kappa shape index (κ1) is 13.8. The number of nitrogens with two attached hydrogens (primary N) is 1. The van der Waals surface area contributed by atoms with Crippen LogP contribution in [-0.4, -0.2) is 30.1 Å². The molecule has 0 saturated heterocycles. The predicted octanol–water partition coefficient (Wildman–Crippen LogP) is 1.48. The number of hydrogen-bond donors (Lipinski definition) is 1. The molecule has 0 aromatic carbocycles. The van der Waals surface area contributed by atoms with E-state index < -0.39 is 5.97 Å². The van der Waals surface area contributed by atoms with E-state index in [-0.39, 0.29) is 0 Å². The van der Waals surface area contributed by atoms with Gasteiger partial charge in [0.05, 0.1) is 31.2 Å². The first-order valence-corrected chi connectivity index (χ1v) is 6.06. The predicted molar refractivity (Wildman–Crippen MR) is 76.3 cm³/mol. The Morgan fingerprint density at radius 2 is 2.20 bits per heavy atom. The molecule has 0 aliphatic heterocycles. The molecule has 104 valence electrons. The van der Waals surface area contributed by atoms with E-state index in [1.165, 1.54) is 13.3 Å². The second-order valence-corrected chi connectivity index (χ2v) is 4.31. The number of nitrogen functional groups attached to an aromatic ring is 1. The maximum Gasteiger partial charge on any atom is 0.341 e. The maximum atomic E-state index is 11.8. The van der Waals surface area contributed by atoms with Crippen molar-refractivity contribution < 1.29 is 9.53 Å². The molecule has 0 aliphatic rings. The molecule has 20 heavy (non-hydrogen) atoms. The second-order valence-electron chi connectivity index (χ2n) is 4.31. The summed E-state index contributed by atoms with van der Waals surface area (Å²) in [6.07, 6.45) is 3.23. The summed E-state index contributed by atoms with van der Waals surface area (Å²) in [5.41, 5.74) is 7.31. The molecule has 0 saturated carbocycles. The van der Waals surface area contributed by atoms with Gasteiger partial charge in [0.15, 0.2) is 0 Å². The summed E-state index contributed by atoms with van der Waals surface area (Å²) in [7, 11) is 3.16. The van der Waals surface area contributed by atoms with Gasteiger partial charge in [-0.2, -0.15) is 0 Å². The Bertz CT molecular complexity index is 601. The summed E-state index contributed by atoms with van der Waals surface area (Å²) in [4.78, 5) is 22.1. The standard InChI is InChI=1S/C14H16N4O2/c1-18(9-11-5-3-4-6-16-11)13-12(14(19)20-2)7-10(15)8-17-13/h3-8H,9,15H2,1-2H3.